The van der Waals surface area contributed by atoms with Crippen LogP contribution in [0.25, 0.3) is 0 Å². The maximum Gasteiger partial charge on any atom is 0.230 e. The van der Waals surface area contributed by atoms with Gasteiger partial charge in [0, 0.05) is 26.2 Å². The van der Waals surface area contributed by atoms with Gasteiger partial charge in [-0.1, -0.05) is 0 Å². The topological polar surface area (TPSA) is 85.6 Å². The molecule has 3 rings (SSSR count). The van der Waals surface area contributed by atoms with Crippen molar-refractivity contribution in [3.8, 4) is 0 Å². The Kier molecular flexibility index (Phi) is 4.21. The van der Waals surface area contributed by atoms with Gasteiger partial charge in [-0.25, -0.2) is 0 Å². The highest BCUT2D eigenvalue weighted by molar-refractivity contribution is 5.39. The molecule has 0 spiro atoms. The summed E-state index contributed by atoms with van der Waals surface area (Å²) in [7, 11) is 0. The molecule has 7 nitrogen and oxygen atoms in total. The Morgan fingerprint density at radius 1 is 0.762 bits per heavy atom. The number of aryl methyl sites for hydroxylation is 1. The second-order valence-electron chi connectivity index (χ2n) is 5.92. The molecule has 0 amide bonds. The molecule has 0 bridgehead atoms. The zero-order valence-corrected chi connectivity index (χ0v) is 12.4. The van der Waals surface area contributed by atoms with Crippen LogP contribution in [0.5, 0.6) is 0 Å². The number of aliphatic hydroxyl groups excluding tert-OH is 2. The van der Waals surface area contributed by atoms with Gasteiger partial charge in [0.25, 0.3) is 0 Å². The summed E-state index contributed by atoms with van der Waals surface area (Å²) in [5, 5.41) is 19.2. The summed E-state index contributed by atoms with van der Waals surface area (Å²) in [6.45, 7) is 5.00. The summed E-state index contributed by atoms with van der Waals surface area (Å²) < 4.78 is 0. The largest absolute Gasteiger partial charge is 0.393 e. The van der Waals surface area contributed by atoms with Crippen molar-refractivity contribution in [1.29, 1.82) is 0 Å². The predicted molar refractivity (Wildman–Crippen MR) is 79.5 cm³/mol. The van der Waals surface area contributed by atoms with Crippen molar-refractivity contribution in [2.75, 3.05) is 36.0 Å². The van der Waals surface area contributed by atoms with E-state index >= 15 is 0 Å². The fourth-order valence-corrected chi connectivity index (χ4v) is 2.87. The third-order valence-corrected chi connectivity index (χ3v) is 4.22. The third kappa shape index (κ3) is 3.41. The van der Waals surface area contributed by atoms with Gasteiger partial charge in [0.2, 0.25) is 11.9 Å². The van der Waals surface area contributed by atoms with E-state index in [1.165, 1.54) is 0 Å². The minimum atomic E-state index is -0.202. The molecule has 21 heavy (non-hydrogen) atoms. The molecule has 2 aliphatic heterocycles. The lowest BCUT2D eigenvalue weighted by Crippen LogP contribution is -2.39. The summed E-state index contributed by atoms with van der Waals surface area (Å²) >= 11 is 0. The first-order valence-corrected chi connectivity index (χ1v) is 7.70. The van der Waals surface area contributed by atoms with E-state index in [9.17, 15) is 10.2 Å². The molecule has 0 aromatic carbocycles. The average molecular weight is 293 g/mol. The van der Waals surface area contributed by atoms with Crippen LogP contribution in [0.4, 0.5) is 11.9 Å². The van der Waals surface area contributed by atoms with Crippen LogP contribution in [0.3, 0.4) is 0 Å². The first-order chi connectivity index (χ1) is 10.1. The Hall–Kier alpha value is -1.47. The summed E-state index contributed by atoms with van der Waals surface area (Å²) in [6, 6.07) is 0. The summed E-state index contributed by atoms with van der Waals surface area (Å²) in [5.74, 6) is 2.12. The smallest absolute Gasteiger partial charge is 0.230 e. The molecule has 0 saturated carbocycles. The van der Waals surface area contributed by atoms with E-state index in [4.69, 9.17) is 0 Å². The van der Waals surface area contributed by atoms with Gasteiger partial charge in [0.15, 0.2) is 0 Å². The van der Waals surface area contributed by atoms with Crippen LogP contribution in [0.15, 0.2) is 0 Å². The van der Waals surface area contributed by atoms with Crippen LogP contribution in [-0.2, 0) is 0 Å². The molecular weight excluding hydrogens is 270 g/mol. The van der Waals surface area contributed by atoms with Gasteiger partial charge in [-0.2, -0.15) is 15.0 Å². The van der Waals surface area contributed by atoms with Crippen molar-refractivity contribution in [2.45, 2.75) is 44.8 Å². The Balaban J connectivity index is 1.76. The van der Waals surface area contributed by atoms with Crippen LogP contribution in [-0.4, -0.2) is 63.6 Å². The first-order valence-electron chi connectivity index (χ1n) is 7.70. The van der Waals surface area contributed by atoms with E-state index in [1.807, 2.05) is 6.92 Å². The molecule has 7 heteroatoms. The predicted octanol–water partition coefficient (Wildman–Crippen LogP) is 0.102. The van der Waals surface area contributed by atoms with Crippen molar-refractivity contribution in [3.05, 3.63) is 5.82 Å². The van der Waals surface area contributed by atoms with Gasteiger partial charge < -0.3 is 20.0 Å². The number of rotatable bonds is 2. The van der Waals surface area contributed by atoms with E-state index in [0.29, 0.717) is 17.7 Å². The number of hydrogen-bond donors (Lipinski definition) is 2. The normalized spacial score (nSPS) is 21.9. The van der Waals surface area contributed by atoms with Crippen LogP contribution in [0, 0.1) is 6.92 Å². The van der Waals surface area contributed by atoms with Crippen molar-refractivity contribution < 1.29 is 10.2 Å². The molecule has 2 saturated heterocycles. The minimum absolute atomic E-state index is 0.202. The van der Waals surface area contributed by atoms with E-state index in [0.717, 1.165) is 51.9 Å². The molecule has 0 aliphatic carbocycles. The van der Waals surface area contributed by atoms with Crippen LogP contribution in [0.2, 0.25) is 0 Å². The fraction of sp³-hybridized carbons (Fsp3) is 0.786. The molecule has 0 atom stereocenters. The minimum Gasteiger partial charge on any atom is -0.393 e. The molecule has 0 unspecified atom stereocenters. The van der Waals surface area contributed by atoms with Crippen molar-refractivity contribution in [3.63, 3.8) is 0 Å². The van der Waals surface area contributed by atoms with E-state index < -0.39 is 0 Å². The van der Waals surface area contributed by atoms with Crippen molar-refractivity contribution in [2.24, 2.45) is 0 Å². The highest BCUT2D eigenvalue weighted by Crippen LogP contribution is 2.21. The monoisotopic (exact) mass is 293 g/mol. The summed E-state index contributed by atoms with van der Waals surface area (Å²) in [5.41, 5.74) is 0. The van der Waals surface area contributed by atoms with Gasteiger partial charge in [0.05, 0.1) is 12.2 Å². The SMILES string of the molecule is Cc1nc(N2CCC(O)CC2)nc(N2CCC(O)CC2)n1. The maximum absolute atomic E-state index is 9.60. The number of piperidine rings is 2. The van der Waals surface area contributed by atoms with Crippen LogP contribution < -0.4 is 9.80 Å². The first kappa shape index (κ1) is 14.5. The van der Waals surface area contributed by atoms with Crippen molar-refractivity contribution >= 4 is 11.9 Å². The third-order valence-electron chi connectivity index (χ3n) is 4.22. The molecule has 2 fully saturated rings. The van der Waals surface area contributed by atoms with Crippen LogP contribution in [0.1, 0.15) is 31.5 Å². The number of aliphatic hydroxyl groups is 2. The summed E-state index contributed by atoms with van der Waals surface area (Å²) in [4.78, 5) is 17.7. The zero-order chi connectivity index (χ0) is 14.8. The van der Waals surface area contributed by atoms with Crippen molar-refractivity contribution in [1.82, 2.24) is 15.0 Å². The molecule has 2 N–H and O–H groups in total. The van der Waals surface area contributed by atoms with Gasteiger partial charge >= 0.3 is 0 Å². The number of anilines is 2. The lowest BCUT2D eigenvalue weighted by molar-refractivity contribution is 0.145. The second kappa shape index (κ2) is 6.11. The fourth-order valence-electron chi connectivity index (χ4n) is 2.87. The molecular formula is C14H23N5O2. The average Bonchev–Trinajstić information content (AvgIpc) is 2.48. The van der Waals surface area contributed by atoms with Gasteiger partial charge in [-0.15, -0.1) is 0 Å². The molecule has 2 aliphatic rings. The molecule has 116 valence electrons. The standard InChI is InChI=1S/C14H23N5O2/c1-10-15-13(18-6-2-11(20)3-7-18)17-14(16-10)19-8-4-12(21)5-9-19/h11-12,20-21H,2-9H2,1H3. The Bertz CT molecular complexity index is 442. The number of nitrogens with zero attached hydrogens (tertiary/aromatic N) is 5. The number of hydrogen-bond acceptors (Lipinski definition) is 7. The Morgan fingerprint density at radius 3 is 1.52 bits per heavy atom. The lowest BCUT2D eigenvalue weighted by Gasteiger charge is -2.32. The van der Waals surface area contributed by atoms with Crippen LogP contribution >= 0.6 is 0 Å². The van der Waals surface area contributed by atoms with Gasteiger partial charge in [-0.05, 0) is 32.6 Å². The molecule has 1 aromatic heterocycles. The molecule has 0 radical (unpaired) electrons. The van der Waals surface area contributed by atoms with Gasteiger partial charge in [-0.3, -0.25) is 0 Å². The van der Waals surface area contributed by atoms with E-state index in [2.05, 4.69) is 24.8 Å². The highest BCUT2D eigenvalue weighted by Gasteiger charge is 2.23. The Labute approximate surface area is 124 Å². The molecule has 3 heterocycles. The Morgan fingerprint density at radius 2 is 1.14 bits per heavy atom. The highest BCUT2D eigenvalue weighted by atomic mass is 16.3. The second-order valence-corrected chi connectivity index (χ2v) is 5.92. The quantitative estimate of drug-likeness (QED) is 0.800. The molecule has 1 aromatic rings. The lowest BCUT2D eigenvalue weighted by atomic mass is 10.1. The summed E-state index contributed by atoms with van der Waals surface area (Å²) in [6.07, 6.45) is 2.64. The maximum atomic E-state index is 9.60. The number of aromatic nitrogens is 3. The zero-order valence-electron chi connectivity index (χ0n) is 12.4. The van der Waals surface area contributed by atoms with Gasteiger partial charge in [0.1, 0.15) is 5.82 Å². The van der Waals surface area contributed by atoms with E-state index in [-0.39, 0.29) is 12.2 Å². The van der Waals surface area contributed by atoms with E-state index in [1.54, 1.807) is 0 Å².